The van der Waals surface area contributed by atoms with E-state index < -0.39 is 0 Å². The van der Waals surface area contributed by atoms with E-state index in [0.29, 0.717) is 5.92 Å². The predicted octanol–water partition coefficient (Wildman–Crippen LogP) is 4.48. The number of amides is 1. The molecule has 2 atom stereocenters. The number of carbonyl (C=O) groups is 1. The maximum Gasteiger partial charge on any atom is 0.252 e. The molecule has 0 spiro atoms. The Morgan fingerprint density at radius 2 is 1.94 bits per heavy atom. The molecule has 1 aliphatic rings. The van der Waals surface area contributed by atoms with Gasteiger partial charge in [0, 0.05) is 30.5 Å². The molecule has 2 aromatic heterocycles. The van der Waals surface area contributed by atoms with Gasteiger partial charge in [0.15, 0.2) is 0 Å². The van der Waals surface area contributed by atoms with E-state index in [1.54, 1.807) is 6.20 Å². The summed E-state index contributed by atoms with van der Waals surface area (Å²) < 4.78 is 0. The normalized spacial score (nSPS) is 17.8. The van der Waals surface area contributed by atoms with Crippen molar-refractivity contribution in [3.63, 3.8) is 0 Å². The molecule has 0 aliphatic carbocycles. The summed E-state index contributed by atoms with van der Waals surface area (Å²) in [7, 11) is 0. The zero-order valence-corrected chi connectivity index (χ0v) is 18.3. The van der Waals surface area contributed by atoms with Crippen LogP contribution in [0.3, 0.4) is 0 Å². The number of likely N-dealkylation sites (tertiary alicyclic amines) is 1. The monoisotopic (exact) mass is 414 g/mol. The summed E-state index contributed by atoms with van der Waals surface area (Å²) in [6.45, 7) is 6.79. The highest BCUT2D eigenvalue weighted by Gasteiger charge is 2.31. The average molecular weight is 415 g/mol. The van der Waals surface area contributed by atoms with Gasteiger partial charge in [-0.2, -0.15) is 0 Å². The highest BCUT2D eigenvalue weighted by molar-refractivity contribution is 5.95. The van der Waals surface area contributed by atoms with E-state index >= 15 is 0 Å². The fraction of sp³-hybridized carbons (Fsp3) is 0.346. The van der Waals surface area contributed by atoms with Crippen molar-refractivity contribution in [2.24, 2.45) is 5.92 Å². The van der Waals surface area contributed by atoms with Crippen LogP contribution >= 0.6 is 0 Å². The molecule has 3 aromatic rings. The third-order valence-electron chi connectivity index (χ3n) is 6.03. The Balaban J connectivity index is 1.53. The summed E-state index contributed by atoms with van der Waals surface area (Å²) >= 11 is 0. The van der Waals surface area contributed by atoms with Crippen LogP contribution in [0.25, 0.3) is 0 Å². The predicted molar refractivity (Wildman–Crippen MR) is 123 cm³/mol. The van der Waals surface area contributed by atoms with E-state index in [4.69, 9.17) is 0 Å². The second-order valence-corrected chi connectivity index (χ2v) is 8.43. The first-order valence-electron chi connectivity index (χ1n) is 11.0. The van der Waals surface area contributed by atoms with Gasteiger partial charge in [-0.3, -0.25) is 19.7 Å². The molecule has 1 N–H and O–H groups in total. The summed E-state index contributed by atoms with van der Waals surface area (Å²) in [6, 6.07) is 19.7. The molecule has 1 fully saturated rings. The Morgan fingerprint density at radius 3 is 2.71 bits per heavy atom. The molecule has 0 bridgehead atoms. The van der Waals surface area contributed by atoms with Gasteiger partial charge in [0.25, 0.3) is 5.91 Å². The summed E-state index contributed by atoms with van der Waals surface area (Å²) in [5.41, 5.74) is 4.77. The maximum absolute atomic E-state index is 13.1. The lowest BCUT2D eigenvalue weighted by molar-refractivity contribution is 0.0873. The molecule has 0 radical (unpaired) electrons. The van der Waals surface area contributed by atoms with Gasteiger partial charge in [0.1, 0.15) is 0 Å². The molecule has 0 unspecified atom stereocenters. The summed E-state index contributed by atoms with van der Waals surface area (Å²) in [6.07, 6.45) is 3.96. The van der Waals surface area contributed by atoms with Crippen LogP contribution < -0.4 is 5.32 Å². The molecule has 5 heteroatoms. The number of aryl methyl sites for hydroxylation is 2. The van der Waals surface area contributed by atoms with E-state index in [1.807, 2.05) is 62.4 Å². The Bertz CT molecular complexity index is 1020. The van der Waals surface area contributed by atoms with E-state index in [1.165, 1.54) is 0 Å². The number of rotatable bonds is 6. The standard InChI is InChI=1S/C26H30N4O/c1-19-9-3-4-13-23(19)26(31)29-25(24-14-5-6-15-27-24)21-11-8-16-30(17-21)18-22-12-7-10-20(2)28-22/h3-7,9-10,12-15,21,25H,8,11,16-18H2,1-2H3,(H,29,31)/t21-,25-/m0/s1. The molecule has 5 nitrogen and oxygen atoms in total. The van der Waals surface area contributed by atoms with Gasteiger partial charge in [-0.25, -0.2) is 0 Å². The number of pyridine rings is 2. The van der Waals surface area contributed by atoms with Crippen LogP contribution in [0.2, 0.25) is 0 Å². The van der Waals surface area contributed by atoms with Gasteiger partial charge < -0.3 is 5.32 Å². The highest BCUT2D eigenvalue weighted by Crippen LogP contribution is 2.30. The van der Waals surface area contributed by atoms with E-state index in [9.17, 15) is 4.79 Å². The third-order valence-corrected chi connectivity index (χ3v) is 6.03. The third kappa shape index (κ3) is 5.36. The average Bonchev–Trinajstić information content (AvgIpc) is 2.78. The number of carbonyl (C=O) groups excluding carboxylic acids is 1. The van der Waals surface area contributed by atoms with Crippen LogP contribution in [0.5, 0.6) is 0 Å². The number of aromatic nitrogens is 2. The SMILES string of the molecule is Cc1cccc(CN2CCC[C@H]([C@H](NC(=O)c3ccccc3C)c3ccccn3)C2)n1. The van der Waals surface area contributed by atoms with Crippen molar-refractivity contribution < 1.29 is 4.79 Å². The van der Waals surface area contributed by atoms with Gasteiger partial charge in [-0.1, -0.05) is 30.3 Å². The second kappa shape index (κ2) is 9.84. The van der Waals surface area contributed by atoms with Crippen LogP contribution in [0.4, 0.5) is 0 Å². The van der Waals surface area contributed by atoms with Crippen LogP contribution in [0.1, 0.15) is 51.9 Å². The molecule has 1 aliphatic heterocycles. The first-order valence-corrected chi connectivity index (χ1v) is 11.0. The smallest absolute Gasteiger partial charge is 0.252 e. The maximum atomic E-state index is 13.1. The van der Waals surface area contributed by atoms with Gasteiger partial charge >= 0.3 is 0 Å². The molecular weight excluding hydrogens is 384 g/mol. The number of benzene rings is 1. The van der Waals surface area contributed by atoms with Crippen molar-refractivity contribution in [1.29, 1.82) is 0 Å². The van der Waals surface area contributed by atoms with Crippen LogP contribution in [-0.2, 0) is 6.54 Å². The number of hydrogen-bond acceptors (Lipinski definition) is 4. The van der Waals surface area contributed by atoms with Crippen molar-refractivity contribution in [3.8, 4) is 0 Å². The van der Waals surface area contributed by atoms with E-state index in [2.05, 4.69) is 32.3 Å². The van der Waals surface area contributed by atoms with Crippen LogP contribution in [0.15, 0.2) is 66.9 Å². The molecule has 3 heterocycles. The fourth-order valence-electron chi connectivity index (χ4n) is 4.46. The quantitative estimate of drug-likeness (QED) is 0.646. The number of piperidine rings is 1. The van der Waals surface area contributed by atoms with Gasteiger partial charge in [0.2, 0.25) is 0 Å². The number of hydrogen-bond donors (Lipinski definition) is 1. The first kappa shape index (κ1) is 21.2. The minimum atomic E-state index is -0.124. The molecule has 4 rings (SSSR count). The summed E-state index contributed by atoms with van der Waals surface area (Å²) in [5.74, 6) is 0.257. The number of nitrogens with zero attached hydrogens (tertiary/aromatic N) is 3. The van der Waals surface area contributed by atoms with Crippen molar-refractivity contribution in [2.75, 3.05) is 13.1 Å². The van der Waals surface area contributed by atoms with E-state index in [-0.39, 0.29) is 11.9 Å². The molecular formula is C26H30N4O. The topological polar surface area (TPSA) is 58.1 Å². The largest absolute Gasteiger partial charge is 0.343 e. The lowest BCUT2D eigenvalue weighted by Gasteiger charge is -2.37. The van der Waals surface area contributed by atoms with Crippen LogP contribution in [-0.4, -0.2) is 33.9 Å². The van der Waals surface area contributed by atoms with Gasteiger partial charge in [-0.15, -0.1) is 0 Å². The summed E-state index contributed by atoms with van der Waals surface area (Å²) in [5, 5.41) is 3.31. The van der Waals surface area contributed by atoms with Crippen LogP contribution in [0, 0.1) is 19.8 Å². The zero-order chi connectivity index (χ0) is 21.6. The highest BCUT2D eigenvalue weighted by atomic mass is 16.1. The Kier molecular flexibility index (Phi) is 6.73. The number of nitrogens with one attached hydrogen (secondary N) is 1. The van der Waals surface area contributed by atoms with Crippen molar-refractivity contribution in [2.45, 2.75) is 39.3 Å². The zero-order valence-electron chi connectivity index (χ0n) is 18.3. The van der Waals surface area contributed by atoms with E-state index in [0.717, 1.165) is 60.7 Å². The van der Waals surface area contributed by atoms with Gasteiger partial charge in [0.05, 0.1) is 17.4 Å². The molecule has 31 heavy (non-hydrogen) atoms. The van der Waals surface area contributed by atoms with Gasteiger partial charge in [-0.05, 0) is 75.0 Å². The van der Waals surface area contributed by atoms with Crippen molar-refractivity contribution in [1.82, 2.24) is 20.2 Å². The van der Waals surface area contributed by atoms with Crippen molar-refractivity contribution in [3.05, 3.63) is 95.1 Å². The Morgan fingerprint density at radius 1 is 1.10 bits per heavy atom. The molecule has 1 amide bonds. The first-order chi connectivity index (χ1) is 15.1. The molecule has 0 saturated carbocycles. The Labute approximate surface area is 184 Å². The molecule has 1 aromatic carbocycles. The summed E-state index contributed by atoms with van der Waals surface area (Å²) in [4.78, 5) is 24.9. The lowest BCUT2D eigenvalue weighted by Crippen LogP contribution is -2.43. The lowest BCUT2D eigenvalue weighted by atomic mass is 9.88. The molecule has 1 saturated heterocycles. The second-order valence-electron chi connectivity index (χ2n) is 8.43. The minimum absolute atomic E-state index is 0.0359. The van der Waals surface area contributed by atoms with Crippen molar-refractivity contribution >= 4 is 5.91 Å². The fourth-order valence-corrected chi connectivity index (χ4v) is 4.46. The minimum Gasteiger partial charge on any atom is -0.343 e. The Hall–Kier alpha value is -3.05. The molecule has 160 valence electrons.